The van der Waals surface area contributed by atoms with Crippen molar-refractivity contribution < 1.29 is 47.5 Å². The van der Waals surface area contributed by atoms with Gasteiger partial charge in [-0.1, -0.05) is 19.1 Å². The average molecular weight is 509 g/mol. The van der Waals surface area contributed by atoms with Gasteiger partial charge in [-0.15, -0.1) is 0 Å². The molecule has 3 aliphatic carbocycles. The summed E-state index contributed by atoms with van der Waals surface area (Å²) < 4.78 is 39.7. The Labute approximate surface area is 211 Å². The van der Waals surface area contributed by atoms with Gasteiger partial charge >= 0.3 is 11.9 Å². The third kappa shape index (κ3) is 3.68. The molecule has 0 amide bonds. The Balaban J connectivity index is 2.00. The van der Waals surface area contributed by atoms with Crippen molar-refractivity contribution >= 4 is 17.7 Å². The van der Waals surface area contributed by atoms with E-state index in [0.29, 0.717) is 18.4 Å². The van der Waals surface area contributed by atoms with E-state index in [9.17, 15) is 14.4 Å². The summed E-state index contributed by atoms with van der Waals surface area (Å²) in [5, 5.41) is 0. The summed E-state index contributed by atoms with van der Waals surface area (Å²) in [7, 11) is 5.58. The maximum Gasteiger partial charge on any atom is 0.341 e. The van der Waals surface area contributed by atoms with Gasteiger partial charge in [0, 0.05) is 37.9 Å². The molecular formula is C26H36O10. The third-order valence-electron chi connectivity index (χ3n) is 8.76. The van der Waals surface area contributed by atoms with Crippen LogP contribution >= 0.6 is 0 Å². The van der Waals surface area contributed by atoms with Gasteiger partial charge < -0.3 is 33.2 Å². The summed E-state index contributed by atoms with van der Waals surface area (Å²) >= 11 is 0. The molecule has 0 N–H and O–H groups in total. The van der Waals surface area contributed by atoms with E-state index in [4.69, 9.17) is 33.2 Å². The number of methoxy groups -OCH3 is 4. The van der Waals surface area contributed by atoms with Crippen molar-refractivity contribution in [2.45, 2.75) is 50.9 Å². The van der Waals surface area contributed by atoms with Crippen LogP contribution in [-0.4, -0.2) is 84.2 Å². The summed E-state index contributed by atoms with van der Waals surface area (Å²) in [6.45, 7) is 3.90. The molecule has 1 saturated carbocycles. The van der Waals surface area contributed by atoms with Gasteiger partial charge in [0.2, 0.25) is 0 Å². The zero-order valence-corrected chi connectivity index (χ0v) is 21.8. The highest BCUT2D eigenvalue weighted by atomic mass is 16.7. The lowest BCUT2D eigenvalue weighted by atomic mass is 9.43. The second-order valence-electron chi connectivity index (χ2n) is 10.2. The molecule has 36 heavy (non-hydrogen) atoms. The maximum atomic E-state index is 13.6. The standard InChI is InChI=1S/C26H36O10/c1-15-16-7-10-25-12-36-26(23(29)33-6,18(25)11-19(28)32-5)22(35-14-31-4)20(34-13-30-3)21(25)24(16,2)9-8-17(15)27/h7,10,18,20-22H,8-9,11-14H2,1-6H3/t18-,20-,21-,22+,24+,25-,26+/m1/s1. The number of fused-ring (bicyclic) bond motifs is 3. The summed E-state index contributed by atoms with van der Waals surface area (Å²) in [5.41, 5.74) is -1.34. The number of carbonyl (C=O) groups is 3. The van der Waals surface area contributed by atoms with Crippen LogP contribution in [0.15, 0.2) is 23.3 Å². The summed E-state index contributed by atoms with van der Waals surface area (Å²) in [5.74, 6) is -2.02. The zero-order valence-electron chi connectivity index (χ0n) is 21.8. The minimum Gasteiger partial charge on any atom is -0.469 e. The van der Waals surface area contributed by atoms with E-state index >= 15 is 0 Å². The highest BCUT2D eigenvalue weighted by molar-refractivity contribution is 5.97. The first-order chi connectivity index (χ1) is 17.2. The Kier molecular flexibility index (Phi) is 7.47. The predicted octanol–water partition coefficient (Wildman–Crippen LogP) is 1.96. The van der Waals surface area contributed by atoms with Crippen LogP contribution in [0.5, 0.6) is 0 Å². The van der Waals surface area contributed by atoms with Crippen LogP contribution in [-0.2, 0) is 47.5 Å². The van der Waals surface area contributed by atoms with Gasteiger partial charge in [-0.05, 0) is 29.9 Å². The van der Waals surface area contributed by atoms with Gasteiger partial charge in [0.15, 0.2) is 11.4 Å². The molecule has 0 aromatic rings. The number of ether oxygens (including phenoxy) is 7. The van der Waals surface area contributed by atoms with Crippen molar-refractivity contribution in [3.8, 4) is 0 Å². The number of hydrogen-bond acceptors (Lipinski definition) is 10. The smallest absolute Gasteiger partial charge is 0.341 e. The molecule has 1 aliphatic heterocycles. The van der Waals surface area contributed by atoms with E-state index < -0.39 is 46.5 Å². The third-order valence-corrected chi connectivity index (χ3v) is 8.76. The van der Waals surface area contributed by atoms with E-state index in [-0.39, 0.29) is 38.3 Å². The Bertz CT molecular complexity index is 972. The quantitative estimate of drug-likeness (QED) is 0.338. The number of Topliss-reactive ketones (excluding diaryl/α,β-unsaturated/α-hetero) is 1. The van der Waals surface area contributed by atoms with Crippen molar-refractivity contribution in [2.24, 2.45) is 22.7 Å². The first-order valence-electron chi connectivity index (χ1n) is 12.1. The fraction of sp³-hybridized carbons (Fsp3) is 0.731. The second-order valence-corrected chi connectivity index (χ2v) is 10.2. The van der Waals surface area contributed by atoms with Gasteiger partial charge in [0.05, 0.1) is 33.4 Å². The number of ketones is 1. The lowest BCUT2D eigenvalue weighted by Crippen LogP contribution is -2.71. The zero-order chi connectivity index (χ0) is 26.3. The van der Waals surface area contributed by atoms with Gasteiger partial charge in [-0.3, -0.25) is 9.59 Å². The Morgan fingerprint density at radius 2 is 1.78 bits per heavy atom. The van der Waals surface area contributed by atoms with Crippen LogP contribution in [0.4, 0.5) is 0 Å². The second kappa shape index (κ2) is 9.98. The largest absolute Gasteiger partial charge is 0.469 e. The van der Waals surface area contributed by atoms with Crippen LogP contribution in [0, 0.1) is 22.7 Å². The molecule has 10 heteroatoms. The maximum absolute atomic E-state index is 13.6. The van der Waals surface area contributed by atoms with Crippen molar-refractivity contribution in [2.75, 3.05) is 48.6 Å². The lowest BCUT2D eigenvalue weighted by molar-refractivity contribution is -0.265. The molecule has 2 fully saturated rings. The minimum absolute atomic E-state index is 0.0558. The highest BCUT2D eigenvalue weighted by Crippen LogP contribution is 2.69. The lowest BCUT2D eigenvalue weighted by Gasteiger charge is -2.61. The molecule has 1 heterocycles. The van der Waals surface area contributed by atoms with E-state index in [1.807, 2.05) is 19.1 Å². The van der Waals surface area contributed by atoms with Gasteiger partial charge in [0.25, 0.3) is 0 Å². The molecule has 0 aromatic heterocycles. The van der Waals surface area contributed by atoms with Gasteiger partial charge in [0.1, 0.15) is 19.7 Å². The van der Waals surface area contributed by atoms with E-state index in [0.717, 1.165) is 5.57 Å². The molecule has 0 aromatic carbocycles. The number of carbonyl (C=O) groups excluding carboxylic acids is 3. The molecule has 10 nitrogen and oxygen atoms in total. The molecule has 200 valence electrons. The van der Waals surface area contributed by atoms with Crippen LogP contribution in [0.3, 0.4) is 0 Å². The Morgan fingerprint density at radius 3 is 2.42 bits per heavy atom. The average Bonchev–Trinajstić information content (AvgIpc) is 3.10. The number of hydrogen-bond donors (Lipinski definition) is 0. The number of rotatable bonds is 9. The summed E-state index contributed by atoms with van der Waals surface area (Å²) in [6, 6.07) is 0. The molecule has 2 bridgehead atoms. The first-order valence-corrected chi connectivity index (χ1v) is 12.1. The van der Waals surface area contributed by atoms with Crippen molar-refractivity contribution in [3.63, 3.8) is 0 Å². The number of esters is 2. The Morgan fingerprint density at radius 1 is 1.08 bits per heavy atom. The molecule has 4 rings (SSSR count). The van der Waals surface area contributed by atoms with E-state index in [2.05, 4.69) is 6.92 Å². The highest BCUT2D eigenvalue weighted by Gasteiger charge is 2.78. The first kappa shape index (κ1) is 26.9. The molecule has 1 spiro atoms. The summed E-state index contributed by atoms with van der Waals surface area (Å²) in [4.78, 5) is 39.0. The van der Waals surface area contributed by atoms with Crippen LogP contribution in [0.1, 0.15) is 33.1 Å². The van der Waals surface area contributed by atoms with E-state index in [1.54, 1.807) is 0 Å². The molecule has 7 atom stereocenters. The normalized spacial score (nSPS) is 39.0. The molecule has 0 unspecified atom stereocenters. The Hall–Kier alpha value is -2.11. The van der Waals surface area contributed by atoms with Gasteiger partial charge in [-0.2, -0.15) is 0 Å². The topological polar surface area (TPSA) is 116 Å². The SMILES string of the molecule is COCO[C@H]1[C@H](OCOC)[C@@]2(C(=O)OC)OC[C@]3(C=CC4=C(C)C(=O)CC[C@]4(C)[C@@H]13)[C@H]2CC(=O)OC. The molecule has 0 radical (unpaired) electrons. The van der Waals surface area contributed by atoms with Crippen molar-refractivity contribution in [1.29, 1.82) is 0 Å². The van der Waals surface area contributed by atoms with Crippen molar-refractivity contribution in [3.05, 3.63) is 23.3 Å². The molecule has 4 aliphatic rings. The fourth-order valence-electron chi connectivity index (χ4n) is 7.29. The monoisotopic (exact) mass is 508 g/mol. The minimum atomic E-state index is -1.65. The van der Waals surface area contributed by atoms with Crippen LogP contribution in [0.25, 0.3) is 0 Å². The van der Waals surface area contributed by atoms with Crippen LogP contribution in [0.2, 0.25) is 0 Å². The van der Waals surface area contributed by atoms with E-state index in [1.165, 1.54) is 28.4 Å². The fourth-order valence-corrected chi connectivity index (χ4v) is 7.29. The number of allylic oxidation sites excluding steroid dienone is 3. The summed E-state index contributed by atoms with van der Waals surface area (Å²) in [6.07, 6.45) is 3.13. The van der Waals surface area contributed by atoms with Crippen LogP contribution < -0.4 is 0 Å². The molecular weight excluding hydrogens is 472 g/mol. The molecule has 1 saturated heterocycles. The van der Waals surface area contributed by atoms with Gasteiger partial charge in [-0.25, -0.2) is 4.79 Å². The predicted molar refractivity (Wildman–Crippen MR) is 124 cm³/mol. The van der Waals surface area contributed by atoms with Crippen molar-refractivity contribution in [1.82, 2.24) is 0 Å².